The Morgan fingerprint density at radius 1 is 1.04 bits per heavy atom. The molecule has 1 saturated heterocycles. The number of aromatic nitrogens is 4. The smallest absolute Gasteiger partial charge is 0.361 e. The maximum atomic E-state index is 12.5. The second-order valence-corrected chi connectivity index (χ2v) is 5.70. The van der Waals surface area contributed by atoms with E-state index in [-0.39, 0.29) is 17.4 Å². The Balaban J connectivity index is 1.55. The van der Waals surface area contributed by atoms with Gasteiger partial charge in [0.1, 0.15) is 0 Å². The zero-order valence-corrected chi connectivity index (χ0v) is 14.3. The van der Waals surface area contributed by atoms with Crippen LogP contribution in [0.1, 0.15) is 17.4 Å². The molecule has 0 aliphatic carbocycles. The van der Waals surface area contributed by atoms with Crippen LogP contribution in [0, 0.1) is 0 Å². The number of nitrogen functional groups attached to an aromatic ring is 1. The Morgan fingerprint density at radius 2 is 1.69 bits per heavy atom. The van der Waals surface area contributed by atoms with Gasteiger partial charge in [-0.15, -0.1) is 0 Å². The molecule has 1 atom stereocenters. The van der Waals surface area contributed by atoms with E-state index in [0.717, 1.165) is 0 Å². The molecule has 0 aromatic carbocycles. The van der Waals surface area contributed by atoms with Crippen molar-refractivity contribution in [3.8, 4) is 0 Å². The predicted octanol–water partition coefficient (Wildman–Crippen LogP) is -0.257. The number of piperazine rings is 1. The molecule has 2 N–H and O–H groups in total. The number of rotatable bonds is 4. The first-order chi connectivity index (χ1) is 12.6. The van der Waals surface area contributed by atoms with E-state index in [9.17, 15) is 9.59 Å². The Bertz CT molecular complexity index is 778. The number of anilines is 2. The van der Waals surface area contributed by atoms with Crippen LogP contribution in [0.2, 0.25) is 0 Å². The summed E-state index contributed by atoms with van der Waals surface area (Å²) in [5, 5.41) is 0. The number of esters is 1. The van der Waals surface area contributed by atoms with E-state index in [4.69, 9.17) is 10.5 Å². The molecule has 0 spiro atoms. The van der Waals surface area contributed by atoms with Crippen molar-refractivity contribution in [2.24, 2.45) is 0 Å². The number of hydrogen-bond donors (Lipinski definition) is 1. The predicted molar refractivity (Wildman–Crippen MR) is 92.1 cm³/mol. The summed E-state index contributed by atoms with van der Waals surface area (Å²) in [6.07, 6.45) is 5.13. The second kappa shape index (κ2) is 7.72. The standard InChI is InChI=1S/C16H19N7O3/c1-11(26-15(25)12-13(17)19-6-5-18-12)14(24)22-7-9-23(10-8-22)16-20-3-2-4-21-16/h2-6,11H,7-10H2,1H3,(H2,17,19)/t11-/m1/s1. The van der Waals surface area contributed by atoms with Gasteiger partial charge in [-0.25, -0.2) is 24.7 Å². The number of hydrogen-bond acceptors (Lipinski definition) is 9. The molecule has 2 aromatic heterocycles. The van der Waals surface area contributed by atoms with Crippen molar-refractivity contribution in [3.05, 3.63) is 36.5 Å². The van der Waals surface area contributed by atoms with Gasteiger partial charge in [0.05, 0.1) is 0 Å². The lowest BCUT2D eigenvalue weighted by Crippen LogP contribution is -2.52. The van der Waals surface area contributed by atoms with Gasteiger partial charge in [-0.1, -0.05) is 0 Å². The number of amides is 1. The Kier molecular flexibility index (Phi) is 5.20. The van der Waals surface area contributed by atoms with E-state index in [2.05, 4.69) is 19.9 Å². The Morgan fingerprint density at radius 3 is 2.35 bits per heavy atom. The molecule has 10 heteroatoms. The zero-order valence-electron chi connectivity index (χ0n) is 14.3. The van der Waals surface area contributed by atoms with Crippen LogP contribution in [0.5, 0.6) is 0 Å². The average Bonchev–Trinajstić information content (AvgIpc) is 2.68. The van der Waals surface area contributed by atoms with Gasteiger partial charge >= 0.3 is 5.97 Å². The number of ether oxygens (including phenoxy) is 1. The highest BCUT2D eigenvalue weighted by molar-refractivity contribution is 5.94. The molecule has 0 radical (unpaired) electrons. The molecule has 1 aliphatic heterocycles. The first-order valence-corrected chi connectivity index (χ1v) is 8.14. The quantitative estimate of drug-likeness (QED) is 0.736. The molecule has 1 fully saturated rings. The van der Waals surface area contributed by atoms with Crippen LogP contribution in [-0.2, 0) is 9.53 Å². The number of nitrogens with two attached hydrogens (primary N) is 1. The third-order valence-corrected chi connectivity index (χ3v) is 3.98. The molecule has 0 saturated carbocycles. The van der Waals surface area contributed by atoms with E-state index in [1.165, 1.54) is 19.3 Å². The lowest BCUT2D eigenvalue weighted by atomic mass is 10.2. The fourth-order valence-electron chi connectivity index (χ4n) is 2.61. The largest absolute Gasteiger partial charge is 0.448 e. The topological polar surface area (TPSA) is 127 Å². The number of nitrogens with zero attached hydrogens (tertiary/aromatic N) is 6. The summed E-state index contributed by atoms with van der Waals surface area (Å²) in [6.45, 7) is 3.72. The number of carbonyl (C=O) groups excluding carboxylic acids is 2. The zero-order chi connectivity index (χ0) is 18.5. The molecule has 3 heterocycles. The third kappa shape index (κ3) is 3.85. The molecular weight excluding hydrogens is 338 g/mol. The van der Waals surface area contributed by atoms with Crippen LogP contribution >= 0.6 is 0 Å². The van der Waals surface area contributed by atoms with Gasteiger partial charge in [0.15, 0.2) is 17.6 Å². The first-order valence-electron chi connectivity index (χ1n) is 8.14. The summed E-state index contributed by atoms with van der Waals surface area (Å²) in [5.41, 5.74) is 5.50. The minimum Gasteiger partial charge on any atom is -0.448 e. The molecule has 0 unspecified atom stereocenters. The minimum atomic E-state index is -0.941. The molecule has 26 heavy (non-hydrogen) atoms. The first kappa shape index (κ1) is 17.5. The Labute approximate surface area is 150 Å². The SMILES string of the molecule is C[C@@H](OC(=O)c1nccnc1N)C(=O)N1CCN(c2ncccn2)CC1. The molecule has 3 rings (SSSR count). The van der Waals surface area contributed by atoms with Gasteiger partial charge in [0.25, 0.3) is 5.91 Å². The summed E-state index contributed by atoms with van der Waals surface area (Å²) in [5.74, 6) is -0.437. The van der Waals surface area contributed by atoms with Gasteiger partial charge in [-0.3, -0.25) is 4.79 Å². The van der Waals surface area contributed by atoms with E-state index in [1.54, 1.807) is 23.4 Å². The van der Waals surface area contributed by atoms with Crippen molar-refractivity contribution >= 4 is 23.6 Å². The van der Waals surface area contributed by atoms with Crippen molar-refractivity contribution in [1.29, 1.82) is 0 Å². The van der Waals surface area contributed by atoms with Crippen LogP contribution in [-0.4, -0.2) is 69.0 Å². The molecule has 10 nitrogen and oxygen atoms in total. The third-order valence-electron chi connectivity index (χ3n) is 3.98. The van der Waals surface area contributed by atoms with Crippen LogP contribution in [0.25, 0.3) is 0 Å². The van der Waals surface area contributed by atoms with Gasteiger partial charge in [0, 0.05) is 51.0 Å². The highest BCUT2D eigenvalue weighted by Crippen LogP contribution is 2.13. The lowest BCUT2D eigenvalue weighted by molar-refractivity contribution is -0.140. The van der Waals surface area contributed by atoms with Gasteiger partial charge < -0.3 is 20.3 Å². The van der Waals surface area contributed by atoms with Crippen molar-refractivity contribution in [3.63, 3.8) is 0 Å². The molecule has 1 aliphatic rings. The summed E-state index contributed by atoms with van der Waals surface area (Å²) in [7, 11) is 0. The number of carbonyl (C=O) groups is 2. The van der Waals surface area contributed by atoms with E-state index < -0.39 is 12.1 Å². The normalized spacial score (nSPS) is 15.4. The fourth-order valence-corrected chi connectivity index (χ4v) is 2.61. The van der Waals surface area contributed by atoms with Gasteiger partial charge in [0.2, 0.25) is 5.95 Å². The minimum absolute atomic E-state index is 0.0337. The summed E-state index contributed by atoms with van der Waals surface area (Å²) in [6, 6.07) is 1.75. The maximum absolute atomic E-state index is 12.5. The van der Waals surface area contributed by atoms with Crippen molar-refractivity contribution in [2.45, 2.75) is 13.0 Å². The maximum Gasteiger partial charge on any atom is 0.361 e. The summed E-state index contributed by atoms with van der Waals surface area (Å²) in [4.78, 5) is 44.3. The Hall–Kier alpha value is -3.30. The van der Waals surface area contributed by atoms with Gasteiger partial charge in [-0.2, -0.15) is 0 Å². The summed E-state index contributed by atoms with van der Waals surface area (Å²) < 4.78 is 5.19. The van der Waals surface area contributed by atoms with E-state index in [1.807, 2.05) is 4.90 Å². The molecule has 2 aromatic rings. The second-order valence-electron chi connectivity index (χ2n) is 5.70. The summed E-state index contributed by atoms with van der Waals surface area (Å²) >= 11 is 0. The van der Waals surface area contributed by atoms with Crippen molar-refractivity contribution in [1.82, 2.24) is 24.8 Å². The van der Waals surface area contributed by atoms with Crippen LogP contribution in [0.15, 0.2) is 30.9 Å². The average molecular weight is 357 g/mol. The highest BCUT2D eigenvalue weighted by atomic mass is 16.5. The van der Waals surface area contributed by atoms with Crippen LogP contribution in [0.3, 0.4) is 0 Å². The monoisotopic (exact) mass is 357 g/mol. The van der Waals surface area contributed by atoms with Crippen LogP contribution < -0.4 is 10.6 Å². The molecular formula is C16H19N7O3. The van der Waals surface area contributed by atoms with Crippen molar-refractivity contribution in [2.75, 3.05) is 36.8 Å². The molecule has 0 bridgehead atoms. The molecule has 136 valence electrons. The van der Waals surface area contributed by atoms with Crippen molar-refractivity contribution < 1.29 is 14.3 Å². The fraction of sp³-hybridized carbons (Fsp3) is 0.375. The van der Waals surface area contributed by atoms with E-state index >= 15 is 0 Å². The van der Waals surface area contributed by atoms with E-state index in [0.29, 0.717) is 32.1 Å². The van der Waals surface area contributed by atoms with Gasteiger partial charge in [-0.05, 0) is 13.0 Å². The lowest BCUT2D eigenvalue weighted by Gasteiger charge is -2.35. The highest BCUT2D eigenvalue weighted by Gasteiger charge is 2.29. The van der Waals surface area contributed by atoms with Crippen LogP contribution in [0.4, 0.5) is 11.8 Å². The molecule has 1 amide bonds.